The van der Waals surface area contributed by atoms with Crippen molar-refractivity contribution >= 4 is 23.0 Å². The van der Waals surface area contributed by atoms with E-state index in [0.29, 0.717) is 5.82 Å². The van der Waals surface area contributed by atoms with E-state index in [1.54, 1.807) is 12.3 Å². The lowest BCUT2D eigenvalue weighted by atomic mass is 9.93. The molecule has 4 heterocycles. The Bertz CT molecular complexity index is 1110. The summed E-state index contributed by atoms with van der Waals surface area (Å²) in [6.45, 7) is 8.95. The van der Waals surface area contributed by atoms with Crippen LogP contribution in [0.25, 0.3) is 11.2 Å². The molecule has 1 N–H and O–H groups in total. The third kappa shape index (κ3) is 3.35. The first-order valence-corrected chi connectivity index (χ1v) is 9.55. The SMILES string of the molecule is C=C(c1ncc(F)cc1C1CCCN1c1ccn2ncc(C(=O)O)c2n1)C(C)C. The summed E-state index contributed by atoms with van der Waals surface area (Å²) in [5.41, 5.74) is 2.69. The summed E-state index contributed by atoms with van der Waals surface area (Å²) in [5.74, 6) is -0.652. The van der Waals surface area contributed by atoms with Crippen LogP contribution < -0.4 is 4.90 Å². The fourth-order valence-corrected chi connectivity index (χ4v) is 3.79. The molecule has 0 aromatic carbocycles. The predicted octanol–water partition coefficient (Wildman–Crippen LogP) is 3.97. The van der Waals surface area contributed by atoms with Crippen molar-refractivity contribution in [1.82, 2.24) is 19.6 Å². The minimum atomic E-state index is -1.08. The molecule has 0 aliphatic carbocycles. The number of pyridine rings is 1. The van der Waals surface area contributed by atoms with E-state index in [1.807, 2.05) is 13.8 Å². The number of carboxylic acid groups (broad SMARTS) is 1. The number of nitrogens with zero attached hydrogens (tertiary/aromatic N) is 5. The number of hydrogen-bond acceptors (Lipinski definition) is 5. The summed E-state index contributed by atoms with van der Waals surface area (Å²) in [6, 6.07) is 3.21. The Morgan fingerprint density at radius 1 is 1.38 bits per heavy atom. The zero-order valence-electron chi connectivity index (χ0n) is 16.3. The van der Waals surface area contributed by atoms with Crippen molar-refractivity contribution < 1.29 is 14.3 Å². The van der Waals surface area contributed by atoms with Crippen LogP contribution in [0.3, 0.4) is 0 Å². The number of carboxylic acids is 1. The van der Waals surface area contributed by atoms with Gasteiger partial charge in [-0.05, 0) is 36.5 Å². The van der Waals surface area contributed by atoms with Crippen LogP contribution in [0.5, 0.6) is 0 Å². The van der Waals surface area contributed by atoms with Gasteiger partial charge in [0.05, 0.1) is 24.1 Å². The molecular weight excluding hydrogens is 373 g/mol. The molecule has 0 saturated carbocycles. The van der Waals surface area contributed by atoms with Crippen molar-refractivity contribution in [2.45, 2.75) is 32.7 Å². The Morgan fingerprint density at radius 3 is 2.90 bits per heavy atom. The van der Waals surface area contributed by atoms with Crippen molar-refractivity contribution in [3.63, 3.8) is 0 Å². The molecule has 7 nitrogen and oxygen atoms in total. The lowest BCUT2D eigenvalue weighted by Gasteiger charge is -2.28. The van der Waals surface area contributed by atoms with Gasteiger partial charge in [-0.15, -0.1) is 0 Å². The van der Waals surface area contributed by atoms with Crippen LogP contribution >= 0.6 is 0 Å². The number of allylic oxidation sites excluding steroid dienone is 1. The molecule has 29 heavy (non-hydrogen) atoms. The van der Waals surface area contributed by atoms with Crippen LogP contribution in [0.1, 0.15) is 54.3 Å². The fraction of sp³-hybridized carbons (Fsp3) is 0.333. The number of anilines is 1. The highest BCUT2D eigenvalue weighted by Crippen LogP contribution is 2.39. The van der Waals surface area contributed by atoms with E-state index in [9.17, 15) is 14.3 Å². The highest BCUT2D eigenvalue weighted by atomic mass is 19.1. The summed E-state index contributed by atoms with van der Waals surface area (Å²) >= 11 is 0. The Morgan fingerprint density at radius 2 is 2.17 bits per heavy atom. The molecule has 1 saturated heterocycles. The van der Waals surface area contributed by atoms with Crippen molar-refractivity contribution in [2.24, 2.45) is 5.92 Å². The molecule has 4 rings (SSSR count). The van der Waals surface area contributed by atoms with Gasteiger partial charge < -0.3 is 10.0 Å². The second-order valence-electron chi connectivity index (χ2n) is 7.54. The van der Waals surface area contributed by atoms with Gasteiger partial charge in [0.15, 0.2) is 5.65 Å². The largest absolute Gasteiger partial charge is 0.477 e. The maximum atomic E-state index is 14.1. The molecule has 1 unspecified atom stereocenters. The lowest BCUT2D eigenvalue weighted by molar-refractivity contribution is 0.0698. The van der Waals surface area contributed by atoms with Gasteiger partial charge in [-0.25, -0.2) is 18.7 Å². The zero-order chi connectivity index (χ0) is 20.7. The maximum absolute atomic E-state index is 14.1. The number of fused-ring (bicyclic) bond motifs is 1. The smallest absolute Gasteiger partial charge is 0.341 e. The van der Waals surface area contributed by atoms with Gasteiger partial charge in [0.2, 0.25) is 0 Å². The molecule has 0 bridgehead atoms. The van der Waals surface area contributed by atoms with Crippen LogP contribution in [0.2, 0.25) is 0 Å². The third-order valence-corrected chi connectivity index (χ3v) is 5.38. The first-order valence-electron chi connectivity index (χ1n) is 9.55. The molecule has 0 radical (unpaired) electrons. The van der Waals surface area contributed by atoms with Gasteiger partial charge in [-0.1, -0.05) is 20.4 Å². The Kier molecular flexibility index (Phi) is 4.77. The van der Waals surface area contributed by atoms with Gasteiger partial charge in [-0.3, -0.25) is 4.98 Å². The summed E-state index contributed by atoms with van der Waals surface area (Å²) in [4.78, 5) is 22.4. The van der Waals surface area contributed by atoms with E-state index in [-0.39, 0.29) is 29.0 Å². The monoisotopic (exact) mass is 395 g/mol. The molecule has 1 atom stereocenters. The van der Waals surface area contributed by atoms with Gasteiger partial charge in [0.25, 0.3) is 0 Å². The van der Waals surface area contributed by atoms with E-state index >= 15 is 0 Å². The first kappa shape index (κ1) is 19.0. The summed E-state index contributed by atoms with van der Waals surface area (Å²) < 4.78 is 15.5. The Balaban J connectivity index is 1.79. The third-order valence-electron chi connectivity index (χ3n) is 5.38. The second-order valence-corrected chi connectivity index (χ2v) is 7.54. The highest BCUT2D eigenvalue weighted by Gasteiger charge is 2.31. The summed E-state index contributed by atoms with van der Waals surface area (Å²) in [7, 11) is 0. The molecule has 1 fully saturated rings. The number of aromatic carboxylic acids is 1. The van der Waals surface area contributed by atoms with Crippen LogP contribution in [-0.2, 0) is 0 Å². The number of rotatable bonds is 5. The van der Waals surface area contributed by atoms with Crippen molar-refractivity contribution in [2.75, 3.05) is 11.4 Å². The highest BCUT2D eigenvalue weighted by molar-refractivity contribution is 5.94. The molecule has 8 heteroatoms. The van der Waals surface area contributed by atoms with E-state index in [4.69, 9.17) is 0 Å². The van der Waals surface area contributed by atoms with E-state index < -0.39 is 5.97 Å². The number of halogens is 1. The van der Waals surface area contributed by atoms with Crippen molar-refractivity contribution in [3.05, 3.63) is 59.9 Å². The molecule has 3 aromatic rings. The summed E-state index contributed by atoms with van der Waals surface area (Å²) in [6.07, 6.45) is 5.93. The lowest BCUT2D eigenvalue weighted by Crippen LogP contribution is -2.25. The standard InChI is InChI=1S/C21H22FN5O2/c1-12(2)13(3)19-15(9-14(22)10-23-19)17-5-4-7-26(17)18-6-8-27-20(25-18)16(11-24-27)21(28)29/h6,8-12,17H,3-5,7H2,1-2H3,(H,28,29). The average molecular weight is 395 g/mol. The molecule has 150 valence electrons. The van der Waals surface area contributed by atoms with Gasteiger partial charge >= 0.3 is 5.97 Å². The van der Waals surface area contributed by atoms with Gasteiger partial charge in [-0.2, -0.15) is 5.10 Å². The van der Waals surface area contributed by atoms with Gasteiger partial charge in [0.1, 0.15) is 17.2 Å². The quantitative estimate of drug-likeness (QED) is 0.704. The number of aromatic nitrogens is 4. The summed E-state index contributed by atoms with van der Waals surface area (Å²) in [5, 5.41) is 13.4. The molecule has 1 aliphatic heterocycles. The van der Waals surface area contributed by atoms with Crippen LogP contribution in [0, 0.1) is 11.7 Å². The Hall–Kier alpha value is -3.29. The van der Waals surface area contributed by atoms with E-state index in [2.05, 4.69) is 26.5 Å². The normalized spacial score (nSPS) is 16.7. The maximum Gasteiger partial charge on any atom is 0.341 e. The average Bonchev–Trinajstić information content (AvgIpc) is 3.33. The second kappa shape index (κ2) is 7.27. The predicted molar refractivity (Wildman–Crippen MR) is 107 cm³/mol. The topological polar surface area (TPSA) is 83.6 Å². The zero-order valence-corrected chi connectivity index (χ0v) is 16.3. The molecule has 0 amide bonds. The fourth-order valence-electron chi connectivity index (χ4n) is 3.79. The minimum Gasteiger partial charge on any atom is -0.477 e. The molecule has 0 spiro atoms. The van der Waals surface area contributed by atoms with Crippen LogP contribution in [0.4, 0.5) is 10.2 Å². The van der Waals surface area contributed by atoms with E-state index in [0.717, 1.165) is 36.2 Å². The van der Waals surface area contributed by atoms with Crippen molar-refractivity contribution in [3.8, 4) is 0 Å². The first-order chi connectivity index (χ1) is 13.9. The Labute approximate surface area is 167 Å². The number of carbonyl (C=O) groups is 1. The minimum absolute atomic E-state index is 0.0453. The van der Waals surface area contributed by atoms with Crippen LogP contribution in [-0.4, -0.2) is 37.2 Å². The van der Waals surface area contributed by atoms with Gasteiger partial charge in [0, 0.05) is 18.3 Å². The van der Waals surface area contributed by atoms with Crippen LogP contribution in [0.15, 0.2) is 37.3 Å². The van der Waals surface area contributed by atoms with E-state index in [1.165, 1.54) is 23.0 Å². The molecular formula is C21H22FN5O2. The number of hydrogen-bond donors (Lipinski definition) is 1. The molecule has 3 aromatic heterocycles. The molecule has 1 aliphatic rings. The van der Waals surface area contributed by atoms with Crippen molar-refractivity contribution in [1.29, 1.82) is 0 Å².